The Hall–Kier alpha value is -1.30. The summed E-state index contributed by atoms with van der Waals surface area (Å²) in [6.07, 6.45) is 2.10. The third kappa shape index (κ3) is 8.81. The van der Waals surface area contributed by atoms with Crippen LogP contribution >= 0.6 is 0 Å². The predicted molar refractivity (Wildman–Crippen MR) is 89.1 cm³/mol. The van der Waals surface area contributed by atoms with Crippen LogP contribution in [0.25, 0.3) is 12.7 Å². The van der Waals surface area contributed by atoms with E-state index in [1.165, 1.54) is 5.22 Å². The Kier molecular flexibility index (Phi) is 16.8. The Balaban J connectivity index is -0.000000409. The first-order valence-electron chi connectivity index (χ1n) is 6.56. The van der Waals surface area contributed by atoms with Crippen LogP contribution in [-0.2, 0) is 0 Å². The smallest absolute Gasteiger partial charge is 0.0187 e. The summed E-state index contributed by atoms with van der Waals surface area (Å²) in [5, 5.41) is 2.23. The molecule has 0 aliphatic rings. The van der Waals surface area contributed by atoms with Crippen molar-refractivity contribution in [3.8, 4) is 0 Å². The van der Waals surface area contributed by atoms with Crippen molar-refractivity contribution in [2.24, 2.45) is 5.92 Å². The molecule has 1 aromatic carbocycles. The second-order valence-electron chi connectivity index (χ2n) is 3.57. The fourth-order valence-corrected chi connectivity index (χ4v) is 1.04. The zero-order valence-corrected chi connectivity index (χ0v) is 12.4. The van der Waals surface area contributed by atoms with E-state index >= 15 is 0 Å². The molecule has 0 radical (unpaired) electrons. The van der Waals surface area contributed by atoms with Crippen LogP contribution in [0.2, 0.25) is 0 Å². The summed E-state index contributed by atoms with van der Waals surface area (Å²) in [5.74, 6) is 0.500. The maximum Gasteiger partial charge on any atom is -0.0187 e. The van der Waals surface area contributed by atoms with Crippen molar-refractivity contribution in [2.75, 3.05) is 0 Å². The highest BCUT2D eigenvalue weighted by Gasteiger charge is 1.94. The summed E-state index contributed by atoms with van der Waals surface area (Å²) in [4.78, 5) is 0. The molecule has 0 spiro atoms. The molecule has 0 amide bonds. The molecule has 0 aliphatic carbocycles. The highest BCUT2D eigenvalue weighted by atomic mass is 14.0. The maximum absolute atomic E-state index is 4.01. The number of hydrogen-bond donors (Lipinski definition) is 0. The van der Waals surface area contributed by atoms with Gasteiger partial charge in [0.1, 0.15) is 0 Å². The largest absolute Gasteiger partial charge is 0.0955 e. The Morgan fingerprint density at radius 3 is 1.89 bits per heavy atom. The average Bonchev–Trinajstić information content (AvgIpc) is 2.37. The zero-order valence-electron chi connectivity index (χ0n) is 12.4. The van der Waals surface area contributed by atoms with Gasteiger partial charge in [0.25, 0.3) is 0 Å². The average molecular weight is 248 g/mol. The van der Waals surface area contributed by atoms with Gasteiger partial charge in [-0.05, 0) is 16.4 Å². The van der Waals surface area contributed by atoms with Crippen LogP contribution in [0.4, 0.5) is 0 Å². The van der Waals surface area contributed by atoms with E-state index in [1.807, 2.05) is 45.9 Å². The van der Waals surface area contributed by atoms with Gasteiger partial charge in [0.05, 0.1) is 0 Å². The summed E-state index contributed by atoms with van der Waals surface area (Å²) < 4.78 is 0. The van der Waals surface area contributed by atoms with Crippen LogP contribution in [-0.4, -0.2) is 0 Å². The lowest BCUT2D eigenvalue weighted by molar-refractivity contribution is 0.805. The van der Waals surface area contributed by atoms with Gasteiger partial charge in [-0.2, -0.15) is 0 Å². The van der Waals surface area contributed by atoms with Gasteiger partial charge in [-0.3, -0.25) is 0 Å². The normalized spacial score (nSPS) is 9.39. The van der Waals surface area contributed by atoms with Crippen molar-refractivity contribution in [2.45, 2.75) is 49.0 Å². The summed E-state index contributed by atoms with van der Waals surface area (Å²) in [6, 6.07) is 8.10. The highest BCUT2D eigenvalue weighted by Crippen LogP contribution is 2.06. The van der Waals surface area contributed by atoms with E-state index in [-0.39, 0.29) is 7.43 Å². The van der Waals surface area contributed by atoms with E-state index < -0.39 is 0 Å². The lowest BCUT2D eigenvalue weighted by atomic mass is 10.0. The third-order valence-corrected chi connectivity index (χ3v) is 2.14. The molecule has 0 bridgehead atoms. The highest BCUT2D eigenvalue weighted by molar-refractivity contribution is 5.46. The van der Waals surface area contributed by atoms with Crippen molar-refractivity contribution in [3.63, 3.8) is 0 Å². The number of allylic oxidation sites excluding steroid dienone is 1. The molecule has 0 unspecified atom stereocenters. The Labute approximate surface area is 115 Å². The van der Waals surface area contributed by atoms with Gasteiger partial charge < -0.3 is 0 Å². The standard InChI is InChI=1S/C13H16.2C2H6.CH4/c1-10(2)12(4)9-13-8-6-5-7-11(13)3;2*1-2;/h5-10H,3-4H2,1-2H3;2*1-2H3;1H4/b13-9-;;;. The number of rotatable bonds is 2. The molecule has 0 saturated carbocycles. The Morgan fingerprint density at radius 2 is 1.50 bits per heavy atom. The molecule has 104 valence electrons. The van der Waals surface area contributed by atoms with Crippen LogP contribution in [0.1, 0.15) is 49.0 Å². The SMILES string of the molecule is C.C=C(/C=c1/ccccc1=C)C(C)C.CC.CC. The summed E-state index contributed by atoms with van der Waals surface area (Å²) >= 11 is 0. The molecule has 0 N–H and O–H groups in total. The molecule has 18 heavy (non-hydrogen) atoms. The molecule has 0 saturated heterocycles. The van der Waals surface area contributed by atoms with Crippen LogP contribution in [0.15, 0.2) is 36.4 Å². The fourth-order valence-electron chi connectivity index (χ4n) is 1.04. The van der Waals surface area contributed by atoms with Gasteiger partial charge in [0.2, 0.25) is 0 Å². The van der Waals surface area contributed by atoms with E-state index in [2.05, 4.69) is 39.1 Å². The minimum absolute atomic E-state index is 0. The Morgan fingerprint density at radius 1 is 1.06 bits per heavy atom. The van der Waals surface area contributed by atoms with Crippen molar-refractivity contribution in [3.05, 3.63) is 46.9 Å². The first-order valence-corrected chi connectivity index (χ1v) is 6.56. The van der Waals surface area contributed by atoms with E-state index in [1.54, 1.807) is 0 Å². The third-order valence-electron chi connectivity index (χ3n) is 2.14. The first-order chi connectivity index (χ1) is 8.11. The topological polar surface area (TPSA) is 0 Å². The predicted octanol–water partition coefficient (Wildman–Crippen LogP) is 4.78. The molecule has 1 aromatic rings. The Bertz CT molecular complexity index is 396. The molecule has 0 fully saturated rings. The molecule has 1 rings (SSSR count). The van der Waals surface area contributed by atoms with E-state index in [9.17, 15) is 0 Å². The molecule has 0 aliphatic heterocycles. The lowest BCUT2D eigenvalue weighted by Gasteiger charge is -2.02. The second kappa shape index (κ2) is 13.8. The van der Waals surface area contributed by atoms with Crippen molar-refractivity contribution in [1.82, 2.24) is 0 Å². The number of benzene rings is 1. The molecule has 0 heterocycles. The molecule has 0 heteroatoms. The van der Waals surface area contributed by atoms with E-state index in [0.717, 1.165) is 10.8 Å². The number of hydrogen-bond acceptors (Lipinski definition) is 0. The summed E-state index contributed by atoms with van der Waals surface area (Å²) in [6.45, 7) is 20.3. The van der Waals surface area contributed by atoms with Gasteiger partial charge >= 0.3 is 0 Å². The molecular formula is C18H32. The van der Waals surface area contributed by atoms with Gasteiger partial charge in [-0.25, -0.2) is 0 Å². The van der Waals surface area contributed by atoms with Crippen LogP contribution in [0, 0.1) is 5.92 Å². The van der Waals surface area contributed by atoms with E-state index in [4.69, 9.17) is 0 Å². The van der Waals surface area contributed by atoms with Gasteiger partial charge in [0.15, 0.2) is 0 Å². The maximum atomic E-state index is 4.01. The van der Waals surface area contributed by atoms with Gasteiger partial charge in [-0.15, -0.1) is 0 Å². The monoisotopic (exact) mass is 248 g/mol. The zero-order chi connectivity index (χ0) is 13.8. The van der Waals surface area contributed by atoms with E-state index in [0.29, 0.717) is 5.92 Å². The van der Waals surface area contributed by atoms with Crippen molar-refractivity contribution >= 4 is 12.7 Å². The first kappa shape index (κ1) is 21.9. The molecule has 0 aromatic heterocycles. The lowest BCUT2D eigenvalue weighted by Crippen LogP contribution is -2.22. The van der Waals surface area contributed by atoms with Crippen LogP contribution < -0.4 is 10.4 Å². The second-order valence-corrected chi connectivity index (χ2v) is 3.57. The minimum atomic E-state index is 0. The summed E-state index contributed by atoms with van der Waals surface area (Å²) in [5.41, 5.74) is 1.15. The quantitative estimate of drug-likeness (QED) is 0.706. The molecule has 0 atom stereocenters. The van der Waals surface area contributed by atoms with Gasteiger partial charge in [0, 0.05) is 0 Å². The van der Waals surface area contributed by atoms with Crippen molar-refractivity contribution < 1.29 is 0 Å². The van der Waals surface area contributed by atoms with Crippen LogP contribution in [0.5, 0.6) is 0 Å². The fraction of sp³-hybridized carbons (Fsp3) is 0.444. The molecule has 0 nitrogen and oxygen atoms in total. The van der Waals surface area contributed by atoms with Gasteiger partial charge in [-0.1, -0.05) is 98.0 Å². The van der Waals surface area contributed by atoms with Crippen molar-refractivity contribution in [1.29, 1.82) is 0 Å². The van der Waals surface area contributed by atoms with Crippen LogP contribution in [0.3, 0.4) is 0 Å². The minimum Gasteiger partial charge on any atom is -0.0955 e. The summed E-state index contributed by atoms with van der Waals surface area (Å²) in [7, 11) is 0. The molecular weight excluding hydrogens is 216 g/mol.